The quantitative estimate of drug-likeness (QED) is 0.185. The number of nitrogens with zero attached hydrogens (tertiary/aromatic N) is 1. The summed E-state index contributed by atoms with van der Waals surface area (Å²) in [5.74, 6) is 0. The molecule has 0 aliphatic heterocycles. The maximum absolute atomic E-state index is 8.70. The van der Waals surface area contributed by atoms with Crippen LogP contribution in [0.3, 0.4) is 0 Å². The highest BCUT2D eigenvalue weighted by molar-refractivity contribution is 6.13. The van der Waals surface area contributed by atoms with Crippen molar-refractivity contribution in [3.63, 3.8) is 0 Å². The van der Waals surface area contributed by atoms with Crippen LogP contribution < -0.4 is 4.90 Å². The molecule has 0 saturated heterocycles. The molecule has 0 spiro atoms. The van der Waals surface area contributed by atoms with E-state index in [4.69, 9.17) is 5.79 Å². The van der Waals surface area contributed by atoms with Gasteiger partial charge in [0.1, 0.15) is 11.2 Å². The third-order valence-corrected chi connectivity index (χ3v) is 9.20. The average Bonchev–Trinajstić information content (AvgIpc) is 3.57. The largest absolute Gasteiger partial charge is 0.456 e. The van der Waals surface area contributed by atoms with Gasteiger partial charge in [-0.05, 0) is 92.7 Å². The van der Waals surface area contributed by atoms with E-state index in [1.54, 1.807) is 0 Å². The second kappa shape index (κ2) is 11.8. The fourth-order valence-electron chi connectivity index (χ4n) is 6.87. The van der Waals surface area contributed by atoms with Crippen LogP contribution in [0.1, 0.15) is 1.37 Å². The van der Waals surface area contributed by atoms with Crippen LogP contribution in [0.15, 0.2) is 192 Å². The van der Waals surface area contributed by atoms with E-state index in [0.29, 0.717) is 11.6 Å². The lowest BCUT2D eigenvalue weighted by Crippen LogP contribution is -2.10. The molecular weight excluding hydrogens is 583 g/mol. The molecule has 8 aromatic carbocycles. The summed E-state index contributed by atoms with van der Waals surface area (Å²) in [5, 5.41) is 4.42. The lowest BCUT2D eigenvalue weighted by Gasteiger charge is -2.26. The highest BCUT2D eigenvalue weighted by Gasteiger charge is 2.19. The highest BCUT2D eigenvalue weighted by Crippen LogP contribution is 2.43. The SMILES string of the molecule is [2H]c1ccc(N(c2ccc(-c3ccccc3)cc2)c2ccc(-c3cccc(-c4cccc5ccccc45)c3)cc2)c2c1oc1ccccc12. The number of furan rings is 1. The van der Waals surface area contributed by atoms with E-state index in [1.165, 1.54) is 27.5 Å². The number of rotatable bonds is 6. The molecule has 48 heavy (non-hydrogen) atoms. The van der Waals surface area contributed by atoms with E-state index in [2.05, 4.69) is 150 Å². The first kappa shape index (κ1) is 26.8. The predicted octanol–water partition coefficient (Wildman–Crippen LogP) is 13.2. The predicted molar refractivity (Wildman–Crippen MR) is 202 cm³/mol. The Hall–Kier alpha value is -6.38. The fourth-order valence-corrected chi connectivity index (χ4v) is 6.87. The molecular formula is C46H31NO. The molecule has 9 aromatic rings. The zero-order chi connectivity index (χ0) is 32.7. The molecule has 0 fully saturated rings. The Morgan fingerprint density at radius 2 is 1.00 bits per heavy atom. The van der Waals surface area contributed by atoms with Crippen molar-refractivity contribution in [1.29, 1.82) is 0 Å². The van der Waals surface area contributed by atoms with Gasteiger partial charge >= 0.3 is 0 Å². The summed E-state index contributed by atoms with van der Waals surface area (Å²) in [4.78, 5) is 2.27. The topological polar surface area (TPSA) is 16.4 Å². The maximum atomic E-state index is 8.70. The van der Waals surface area contributed by atoms with Crippen LogP contribution >= 0.6 is 0 Å². The Morgan fingerprint density at radius 1 is 0.417 bits per heavy atom. The zero-order valence-corrected chi connectivity index (χ0v) is 26.2. The van der Waals surface area contributed by atoms with Crippen molar-refractivity contribution in [2.45, 2.75) is 0 Å². The Morgan fingerprint density at radius 3 is 1.79 bits per heavy atom. The number of fused-ring (bicyclic) bond motifs is 4. The summed E-state index contributed by atoms with van der Waals surface area (Å²) in [6, 6.07) is 64.1. The minimum atomic E-state index is 0.371. The molecule has 0 unspecified atom stereocenters. The minimum absolute atomic E-state index is 0.371. The number of hydrogen-bond donors (Lipinski definition) is 0. The summed E-state index contributed by atoms with van der Waals surface area (Å²) < 4.78 is 15.0. The second-order valence-electron chi connectivity index (χ2n) is 12.1. The standard InChI is InChI=1S/C46H31NO/c1-2-11-32(12-3-1)33-23-27-38(28-24-33)47(43-20-10-22-45-46(43)42-18-6-7-21-44(42)48-45)39-29-25-34(26-30-39)36-15-8-16-37(31-36)41-19-9-14-35-13-4-5-17-40(35)41/h1-31H/i22D. The van der Waals surface area contributed by atoms with Gasteiger partial charge in [0, 0.05) is 16.8 Å². The first-order valence-corrected chi connectivity index (χ1v) is 16.3. The van der Waals surface area contributed by atoms with Gasteiger partial charge in [-0.1, -0.05) is 140 Å². The fraction of sp³-hybridized carbons (Fsp3) is 0. The molecule has 2 heteroatoms. The Bertz CT molecular complexity index is 2600. The molecule has 0 aliphatic carbocycles. The Balaban J connectivity index is 1.16. The van der Waals surface area contributed by atoms with Gasteiger partial charge in [-0.25, -0.2) is 0 Å². The summed E-state index contributed by atoms with van der Waals surface area (Å²) in [6.45, 7) is 0. The maximum Gasteiger partial charge on any atom is 0.137 e. The van der Waals surface area contributed by atoms with E-state index in [0.717, 1.165) is 50.1 Å². The zero-order valence-electron chi connectivity index (χ0n) is 27.2. The van der Waals surface area contributed by atoms with Crippen molar-refractivity contribution in [1.82, 2.24) is 0 Å². The Labute approximate surface area is 281 Å². The third-order valence-electron chi connectivity index (χ3n) is 9.20. The van der Waals surface area contributed by atoms with Gasteiger partial charge in [0.2, 0.25) is 0 Å². The average molecular weight is 615 g/mol. The monoisotopic (exact) mass is 614 g/mol. The van der Waals surface area contributed by atoms with Crippen LogP contribution in [0.25, 0.3) is 66.1 Å². The van der Waals surface area contributed by atoms with Crippen LogP contribution in [0, 0.1) is 0 Å². The van der Waals surface area contributed by atoms with E-state index in [-0.39, 0.29) is 0 Å². The molecule has 0 atom stereocenters. The van der Waals surface area contributed by atoms with E-state index < -0.39 is 0 Å². The smallest absolute Gasteiger partial charge is 0.137 e. The molecule has 2 nitrogen and oxygen atoms in total. The van der Waals surface area contributed by atoms with Crippen molar-refractivity contribution >= 4 is 49.8 Å². The minimum Gasteiger partial charge on any atom is -0.456 e. The van der Waals surface area contributed by atoms with Gasteiger partial charge in [0.25, 0.3) is 0 Å². The first-order chi connectivity index (χ1) is 24.2. The van der Waals surface area contributed by atoms with Crippen molar-refractivity contribution in [2.24, 2.45) is 0 Å². The van der Waals surface area contributed by atoms with Gasteiger partial charge < -0.3 is 9.32 Å². The molecule has 9 rings (SSSR count). The van der Waals surface area contributed by atoms with Crippen molar-refractivity contribution in [3.05, 3.63) is 188 Å². The molecule has 0 N–H and O–H groups in total. The van der Waals surface area contributed by atoms with E-state index in [9.17, 15) is 0 Å². The molecule has 0 radical (unpaired) electrons. The van der Waals surface area contributed by atoms with Gasteiger partial charge in [-0.15, -0.1) is 0 Å². The molecule has 0 bridgehead atoms. The van der Waals surface area contributed by atoms with Gasteiger partial charge in [-0.3, -0.25) is 0 Å². The molecule has 1 heterocycles. The highest BCUT2D eigenvalue weighted by atomic mass is 16.3. The van der Waals surface area contributed by atoms with Gasteiger partial charge in [0.05, 0.1) is 12.4 Å². The number of para-hydroxylation sites is 1. The van der Waals surface area contributed by atoms with Crippen molar-refractivity contribution < 1.29 is 5.79 Å². The molecule has 0 saturated carbocycles. The van der Waals surface area contributed by atoms with E-state index >= 15 is 0 Å². The van der Waals surface area contributed by atoms with E-state index in [1.807, 2.05) is 36.4 Å². The first-order valence-electron chi connectivity index (χ1n) is 16.8. The summed E-state index contributed by atoms with van der Waals surface area (Å²) >= 11 is 0. The Kier molecular flexibility index (Phi) is 6.57. The van der Waals surface area contributed by atoms with Crippen LogP contribution in [0.5, 0.6) is 0 Å². The number of hydrogen-bond acceptors (Lipinski definition) is 2. The number of anilines is 3. The summed E-state index contributed by atoms with van der Waals surface area (Å²) in [7, 11) is 0. The normalized spacial score (nSPS) is 11.6. The molecule has 226 valence electrons. The molecule has 1 aromatic heterocycles. The molecule has 0 aliphatic rings. The van der Waals surface area contributed by atoms with Crippen LogP contribution in [-0.2, 0) is 0 Å². The van der Waals surface area contributed by atoms with Gasteiger partial charge in [-0.2, -0.15) is 0 Å². The summed E-state index contributed by atoms with van der Waals surface area (Å²) in [6.07, 6.45) is 0. The van der Waals surface area contributed by atoms with Crippen LogP contribution in [-0.4, -0.2) is 0 Å². The van der Waals surface area contributed by atoms with Crippen molar-refractivity contribution in [2.75, 3.05) is 4.90 Å². The number of benzene rings is 8. The summed E-state index contributed by atoms with van der Waals surface area (Å²) in [5.41, 5.74) is 11.5. The van der Waals surface area contributed by atoms with Crippen LogP contribution in [0.4, 0.5) is 17.1 Å². The van der Waals surface area contributed by atoms with Crippen molar-refractivity contribution in [3.8, 4) is 33.4 Å². The lowest BCUT2D eigenvalue weighted by molar-refractivity contribution is 0.669. The second-order valence-corrected chi connectivity index (χ2v) is 12.1. The molecule has 0 amide bonds. The van der Waals surface area contributed by atoms with Gasteiger partial charge in [0.15, 0.2) is 0 Å². The third kappa shape index (κ3) is 4.92. The lowest BCUT2D eigenvalue weighted by atomic mass is 9.95. The van der Waals surface area contributed by atoms with Crippen LogP contribution in [0.2, 0.25) is 0 Å².